The van der Waals surface area contributed by atoms with Crippen molar-refractivity contribution in [3.8, 4) is 11.8 Å². The van der Waals surface area contributed by atoms with Gasteiger partial charge in [-0.2, -0.15) is 0 Å². The van der Waals surface area contributed by atoms with Gasteiger partial charge in [-0.3, -0.25) is 14.9 Å². The molecule has 1 rings (SSSR count). The summed E-state index contributed by atoms with van der Waals surface area (Å²) in [7, 11) is 0. The SMILES string of the molecule is CC(=O)SCCC#Cc1cccc(N)c1[N+](=O)[O-]. The third-order valence-corrected chi connectivity index (χ3v) is 2.82. The van der Waals surface area contributed by atoms with Crippen LogP contribution in [0, 0.1) is 22.0 Å². The lowest BCUT2D eigenvalue weighted by Gasteiger charge is -1.98. The summed E-state index contributed by atoms with van der Waals surface area (Å²) in [4.78, 5) is 21.0. The number of nitrogen functional groups attached to an aromatic ring is 1. The number of nitrogens with zero attached hydrogens (tertiary/aromatic N) is 1. The van der Waals surface area contributed by atoms with E-state index in [9.17, 15) is 14.9 Å². The van der Waals surface area contributed by atoms with Crippen LogP contribution in [0.3, 0.4) is 0 Å². The van der Waals surface area contributed by atoms with Crippen molar-refractivity contribution in [1.82, 2.24) is 0 Å². The number of rotatable bonds is 3. The molecule has 0 aromatic heterocycles. The highest BCUT2D eigenvalue weighted by Gasteiger charge is 2.15. The Balaban J connectivity index is 2.79. The summed E-state index contributed by atoms with van der Waals surface area (Å²) < 4.78 is 0. The van der Waals surface area contributed by atoms with Gasteiger partial charge in [0, 0.05) is 19.1 Å². The van der Waals surface area contributed by atoms with Crippen LogP contribution < -0.4 is 5.73 Å². The van der Waals surface area contributed by atoms with Crippen LogP contribution in [0.2, 0.25) is 0 Å². The second kappa shape index (κ2) is 6.67. The lowest BCUT2D eigenvalue weighted by atomic mass is 10.1. The van der Waals surface area contributed by atoms with E-state index in [4.69, 9.17) is 5.73 Å². The van der Waals surface area contributed by atoms with Crippen molar-refractivity contribution in [2.24, 2.45) is 0 Å². The van der Waals surface area contributed by atoms with Crippen LogP contribution >= 0.6 is 11.8 Å². The van der Waals surface area contributed by atoms with Crippen LogP contribution in [0.1, 0.15) is 18.9 Å². The minimum Gasteiger partial charge on any atom is -0.393 e. The number of anilines is 1. The predicted octanol–water partition coefficient (Wildman–Crippen LogP) is 2.20. The van der Waals surface area contributed by atoms with E-state index in [-0.39, 0.29) is 16.5 Å². The number of carbonyl (C=O) groups excluding carboxylic acids is 1. The smallest absolute Gasteiger partial charge is 0.307 e. The summed E-state index contributed by atoms with van der Waals surface area (Å²) in [6.45, 7) is 1.49. The molecule has 5 nitrogen and oxygen atoms in total. The van der Waals surface area contributed by atoms with Crippen molar-refractivity contribution in [3.05, 3.63) is 33.9 Å². The number of hydrogen-bond donors (Lipinski definition) is 1. The Morgan fingerprint density at radius 1 is 1.56 bits per heavy atom. The first kappa shape index (κ1) is 14.1. The molecule has 0 amide bonds. The van der Waals surface area contributed by atoms with Crippen molar-refractivity contribution >= 4 is 28.3 Å². The van der Waals surface area contributed by atoms with Gasteiger partial charge < -0.3 is 5.73 Å². The Kier molecular flexibility index (Phi) is 5.21. The normalized spacial score (nSPS) is 9.39. The summed E-state index contributed by atoms with van der Waals surface area (Å²) in [5, 5.41) is 10.9. The summed E-state index contributed by atoms with van der Waals surface area (Å²) >= 11 is 1.18. The van der Waals surface area contributed by atoms with Gasteiger partial charge >= 0.3 is 5.69 Å². The van der Waals surface area contributed by atoms with E-state index < -0.39 is 4.92 Å². The highest BCUT2D eigenvalue weighted by Crippen LogP contribution is 2.24. The van der Waals surface area contributed by atoms with Gasteiger partial charge in [-0.15, -0.1) is 0 Å². The highest BCUT2D eigenvalue weighted by atomic mass is 32.2. The van der Waals surface area contributed by atoms with Crippen LogP contribution in [0.5, 0.6) is 0 Å². The zero-order valence-corrected chi connectivity index (χ0v) is 10.6. The fourth-order valence-electron chi connectivity index (χ4n) is 1.27. The molecular formula is C12H12N2O3S. The summed E-state index contributed by atoms with van der Waals surface area (Å²) in [5.74, 6) is 6.09. The number of nitro benzene ring substituents is 1. The molecular weight excluding hydrogens is 252 g/mol. The van der Waals surface area contributed by atoms with Crippen molar-refractivity contribution in [2.75, 3.05) is 11.5 Å². The van der Waals surface area contributed by atoms with Crippen LogP contribution in [0.4, 0.5) is 11.4 Å². The molecule has 2 N–H and O–H groups in total. The number of hydrogen-bond acceptors (Lipinski definition) is 5. The Hall–Kier alpha value is -2.00. The molecule has 0 atom stereocenters. The average molecular weight is 264 g/mol. The van der Waals surface area contributed by atoms with Crippen LogP contribution in [0.15, 0.2) is 18.2 Å². The van der Waals surface area contributed by atoms with Gasteiger partial charge in [-0.05, 0) is 12.1 Å². The molecule has 0 aliphatic rings. The van der Waals surface area contributed by atoms with Gasteiger partial charge in [0.15, 0.2) is 5.12 Å². The number of thioether (sulfide) groups is 1. The van der Waals surface area contributed by atoms with E-state index >= 15 is 0 Å². The molecule has 0 saturated heterocycles. The minimum atomic E-state index is -0.538. The molecule has 0 radical (unpaired) electrons. The monoisotopic (exact) mass is 264 g/mol. The molecule has 0 heterocycles. The van der Waals surface area contributed by atoms with E-state index in [1.165, 1.54) is 24.8 Å². The molecule has 0 bridgehead atoms. The first-order valence-electron chi connectivity index (χ1n) is 5.17. The number of nitrogens with two attached hydrogens (primary N) is 1. The molecule has 0 aliphatic carbocycles. The average Bonchev–Trinajstić information content (AvgIpc) is 2.27. The molecule has 0 unspecified atom stereocenters. The van der Waals surface area contributed by atoms with Gasteiger partial charge in [-0.25, -0.2) is 0 Å². The zero-order chi connectivity index (χ0) is 13.5. The molecule has 0 spiro atoms. The molecule has 1 aromatic carbocycles. The fraction of sp³-hybridized carbons (Fsp3) is 0.250. The quantitative estimate of drug-likeness (QED) is 0.297. The van der Waals surface area contributed by atoms with Gasteiger partial charge in [0.05, 0.1) is 4.92 Å². The second-order valence-electron chi connectivity index (χ2n) is 3.39. The number of carbonyl (C=O) groups is 1. The lowest BCUT2D eigenvalue weighted by molar-refractivity contribution is -0.384. The van der Waals surface area contributed by atoms with E-state index in [0.29, 0.717) is 17.7 Å². The fourth-order valence-corrected chi connectivity index (χ4v) is 1.76. The summed E-state index contributed by atoms with van der Waals surface area (Å²) in [5.41, 5.74) is 5.77. The summed E-state index contributed by atoms with van der Waals surface area (Å²) in [6, 6.07) is 4.64. The standard InChI is InChI=1S/C12H12N2O3S/c1-9(15)18-8-3-2-5-10-6-4-7-11(13)12(10)14(16)17/h4,6-7H,3,8,13H2,1H3. The molecule has 0 aliphatic heterocycles. The van der Waals surface area contributed by atoms with Crippen molar-refractivity contribution < 1.29 is 9.72 Å². The maximum Gasteiger partial charge on any atom is 0.307 e. The zero-order valence-electron chi connectivity index (χ0n) is 9.80. The van der Waals surface area contributed by atoms with Crippen molar-refractivity contribution in [3.63, 3.8) is 0 Å². The molecule has 18 heavy (non-hydrogen) atoms. The Morgan fingerprint density at radius 3 is 2.89 bits per heavy atom. The highest BCUT2D eigenvalue weighted by molar-refractivity contribution is 8.13. The molecule has 1 aromatic rings. The molecule has 94 valence electrons. The van der Waals surface area contributed by atoms with Crippen LogP contribution in [0.25, 0.3) is 0 Å². The van der Waals surface area contributed by atoms with Crippen molar-refractivity contribution in [1.29, 1.82) is 0 Å². The summed E-state index contributed by atoms with van der Waals surface area (Å²) in [6.07, 6.45) is 0.496. The Labute approximate surface area is 109 Å². The Bertz CT molecular complexity index is 532. The van der Waals surface area contributed by atoms with Crippen molar-refractivity contribution in [2.45, 2.75) is 13.3 Å². The molecule has 6 heteroatoms. The largest absolute Gasteiger partial charge is 0.393 e. The van der Waals surface area contributed by atoms with E-state index in [1.54, 1.807) is 12.1 Å². The van der Waals surface area contributed by atoms with E-state index in [2.05, 4.69) is 11.8 Å². The molecule has 0 saturated carbocycles. The first-order valence-corrected chi connectivity index (χ1v) is 6.16. The van der Waals surface area contributed by atoms with Gasteiger partial charge in [0.2, 0.25) is 0 Å². The number of benzene rings is 1. The number of nitro groups is 1. The predicted molar refractivity (Wildman–Crippen MR) is 72.1 cm³/mol. The first-order chi connectivity index (χ1) is 8.52. The lowest BCUT2D eigenvalue weighted by Crippen LogP contribution is -1.98. The number of para-hydroxylation sites is 1. The maximum absolute atomic E-state index is 10.8. The third kappa shape index (κ3) is 4.11. The second-order valence-corrected chi connectivity index (χ2v) is 4.66. The van der Waals surface area contributed by atoms with E-state index in [0.717, 1.165) is 0 Å². The van der Waals surface area contributed by atoms with Crippen LogP contribution in [-0.2, 0) is 4.79 Å². The maximum atomic E-state index is 10.8. The van der Waals surface area contributed by atoms with Gasteiger partial charge in [0.1, 0.15) is 11.3 Å². The third-order valence-electron chi connectivity index (χ3n) is 2.01. The molecule has 0 fully saturated rings. The van der Waals surface area contributed by atoms with Gasteiger partial charge in [0.25, 0.3) is 0 Å². The Morgan fingerprint density at radius 2 is 2.28 bits per heavy atom. The minimum absolute atomic E-state index is 0.0340. The topological polar surface area (TPSA) is 86.2 Å². The van der Waals surface area contributed by atoms with Crippen LogP contribution in [-0.4, -0.2) is 15.8 Å². The van der Waals surface area contributed by atoms with E-state index in [1.807, 2.05) is 0 Å². The van der Waals surface area contributed by atoms with Gasteiger partial charge in [-0.1, -0.05) is 29.7 Å².